The van der Waals surface area contributed by atoms with Crippen molar-refractivity contribution in [2.75, 3.05) is 0 Å². The van der Waals surface area contributed by atoms with E-state index in [9.17, 15) is 0 Å². The van der Waals surface area contributed by atoms with E-state index in [4.69, 9.17) is 0 Å². The molecule has 0 unspecified atom stereocenters. The summed E-state index contributed by atoms with van der Waals surface area (Å²) in [7, 11) is 0. The Hall–Kier alpha value is -1.61. The fourth-order valence-corrected chi connectivity index (χ4v) is 6.22. The van der Waals surface area contributed by atoms with Crippen LogP contribution in [0.2, 0.25) is 0 Å². The summed E-state index contributed by atoms with van der Waals surface area (Å²) in [6.45, 7) is 0. The van der Waals surface area contributed by atoms with Crippen molar-refractivity contribution in [3.8, 4) is 11.1 Å². The molecule has 0 amide bonds. The van der Waals surface area contributed by atoms with Crippen molar-refractivity contribution in [1.29, 1.82) is 0 Å². The summed E-state index contributed by atoms with van der Waals surface area (Å²) in [6, 6.07) is 24.7. The molecule has 0 heterocycles. The van der Waals surface area contributed by atoms with Gasteiger partial charge in [0.25, 0.3) is 0 Å². The van der Waals surface area contributed by atoms with Crippen LogP contribution in [0.4, 0.5) is 0 Å². The lowest BCUT2D eigenvalue weighted by Crippen LogP contribution is -2.22. The zero-order valence-electron chi connectivity index (χ0n) is 13.6. The zero-order valence-corrected chi connectivity index (χ0v) is 15.7. The highest BCUT2D eigenvalue weighted by atomic mass is 127. The van der Waals surface area contributed by atoms with Crippen LogP contribution in [0.3, 0.4) is 0 Å². The SMILES string of the molecule is Ic1c(-c2ccccc2)ccc2c1[C@@]1(CCc3ccccc31)CC2. The molecule has 0 aromatic heterocycles. The molecule has 3 aromatic carbocycles. The van der Waals surface area contributed by atoms with Crippen LogP contribution in [0, 0.1) is 3.57 Å². The second-order valence-electron chi connectivity index (χ2n) is 7.07. The number of fused-ring (bicyclic) bond motifs is 4. The van der Waals surface area contributed by atoms with E-state index in [1.165, 1.54) is 40.4 Å². The highest BCUT2D eigenvalue weighted by molar-refractivity contribution is 14.1. The minimum atomic E-state index is 0.257. The summed E-state index contributed by atoms with van der Waals surface area (Å²) in [6.07, 6.45) is 4.98. The zero-order chi connectivity index (χ0) is 16.1. The van der Waals surface area contributed by atoms with Crippen molar-refractivity contribution >= 4 is 22.6 Å². The molecule has 0 aliphatic heterocycles. The van der Waals surface area contributed by atoms with Gasteiger partial charge in [0.05, 0.1) is 0 Å². The molecular weight excluding hydrogens is 403 g/mol. The highest BCUT2D eigenvalue weighted by Crippen LogP contribution is 2.54. The lowest BCUT2D eigenvalue weighted by molar-refractivity contribution is 0.505. The van der Waals surface area contributed by atoms with Crippen LogP contribution >= 0.6 is 22.6 Å². The third-order valence-electron chi connectivity index (χ3n) is 5.97. The Balaban J connectivity index is 1.75. The molecule has 0 N–H and O–H groups in total. The molecule has 1 spiro atoms. The molecule has 1 heteroatoms. The molecule has 0 fully saturated rings. The third-order valence-corrected chi connectivity index (χ3v) is 7.09. The van der Waals surface area contributed by atoms with E-state index in [2.05, 4.69) is 89.3 Å². The van der Waals surface area contributed by atoms with Crippen LogP contribution in [0.5, 0.6) is 0 Å². The second kappa shape index (κ2) is 5.45. The molecule has 24 heavy (non-hydrogen) atoms. The normalized spacial score (nSPS) is 21.0. The molecule has 1 atom stereocenters. The van der Waals surface area contributed by atoms with E-state index in [0.29, 0.717) is 0 Å². The molecule has 2 aliphatic rings. The summed E-state index contributed by atoms with van der Waals surface area (Å²) in [5.41, 5.74) is 9.31. The van der Waals surface area contributed by atoms with Crippen LogP contribution in [-0.4, -0.2) is 0 Å². The number of hydrogen-bond donors (Lipinski definition) is 0. The van der Waals surface area contributed by atoms with Gasteiger partial charge in [0, 0.05) is 8.99 Å². The van der Waals surface area contributed by atoms with E-state index in [1.54, 1.807) is 22.3 Å². The lowest BCUT2D eigenvalue weighted by Gasteiger charge is -2.28. The average Bonchev–Trinajstić information content (AvgIpc) is 3.20. The number of benzene rings is 3. The fourth-order valence-electron chi connectivity index (χ4n) is 4.86. The quantitative estimate of drug-likeness (QED) is 0.414. The summed E-state index contributed by atoms with van der Waals surface area (Å²) in [5.74, 6) is 0. The van der Waals surface area contributed by atoms with Gasteiger partial charge in [0.1, 0.15) is 0 Å². The Bertz CT molecular complexity index is 922. The molecule has 0 saturated carbocycles. The fraction of sp³-hybridized carbons (Fsp3) is 0.217. The Morgan fingerprint density at radius 3 is 2.25 bits per heavy atom. The van der Waals surface area contributed by atoms with Crippen LogP contribution < -0.4 is 0 Å². The van der Waals surface area contributed by atoms with Crippen LogP contribution in [0.1, 0.15) is 35.1 Å². The van der Waals surface area contributed by atoms with Gasteiger partial charge >= 0.3 is 0 Å². The number of hydrogen-bond acceptors (Lipinski definition) is 0. The van der Waals surface area contributed by atoms with Gasteiger partial charge in [0.15, 0.2) is 0 Å². The molecule has 0 saturated heterocycles. The predicted octanol–water partition coefficient (Wildman–Crippen LogP) is 6.14. The molecule has 0 bridgehead atoms. The maximum absolute atomic E-state index is 2.61. The Morgan fingerprint density at radius 2 is 1.42 bits per heavy atom. The van der Waals surface area contributed by atoms with Crippen molar-refractivity contribution in [3.63, 3.8) is 0 Å². The minimum Gasteiger partial charge on any atom is -0.0622 e. The van der Waals surface area contributed by atoms with E-state index in [0.717, 1.165) is 0 Å². The van der Waals surface area contributed by atoms with Gasteiger partial charge in [0.2, 0.25) is 0 Å². The predicted molar refractivity (Wildman–Crippen MR) is 108 cm³/mol. The van der Waals surface area contributed by atoms with Gasteiger partial charge in [-0.2, -0.15) is 0 Å². The van der Waals surface area contributed by atoms with Gasteiger partial charge < -0.3 is 0 Å². The average molecular weight is 422 g/mol. The Labute approximate surface area is 157 Å². The topological polar surface area (TPSA) is 0 Å². The third kappa shape index (κ3) is 1.97. The molecule has 118 valence electrons. The molecule has 3 aromatic rings. The summed E-state index contributed by atoms with van der Waals surface area (Å²) >= 11 is 2.61. The summed E-state index contributed by atoms with van der Waals surface area (Å²) in [4.78, 5) is 0. The van der Waals surface area contributed by atoms with Gasteiger partial charge in [-0.3, -0.25) is 0 Å². The largest absolute Gasteiger partial charge is 0.0622 e. The Morgan fingerprint density at radius 1 is 0.708 bits per heavy atom. The Kier molecular flexibility index (Phi) is 3.34. The van der Waals surface area contributed by atoms with Gasteiger partial charge in [-0.25, -0.2) is 0 Å². The van der Waals surface area contributed by atoms with Gasteiger partial charge in [-0.15, -0.1) is 0 Å². The summed E-state index contributed by atoms with van der Waals surface area (Å²) in [5, 5.41) is 0. The smallest absolute Gasteiger partial charge is 0.0252 e. The second-order valence-corrected chi connectivity index (χ2v) is 8.15. The molecular formula is C23H19I. The van der Waals surface area contributed by atoms with Crippen molar-refractivity contribution in [2.45, 2.75) is 31.1 Å². The standard InChI is InChI=1S/C23H19I/c24-22-19(16-6-2-1-3-7-16)11-10-18-13-15-23(21(18)22)14-12-17-8-4-5-9-20(17)23/h1-11H,12-15H2/t23-/m0/s1. The van der Waals surface area contributed by atoms with E-state index in [-0.39, 0.29) is 5.41 Å². The van der Waals surface area contributed by atoms with Gasteiger partial charge in [-0.05, 0) is 81.7 Å². The summed E-state index contributed by atoms with van der Waals surface area (Å²) < 4.78 is 1.46. The maximum Gasteiger partial charge on any atom is 0.0252 e. The first-order chi connectivity index (χ1) is 11.8. The maximum atomic E-state index is 2.61. The van der Waals surface area contributed by atoms with E-state index >= 15 is 0 Å². The van der Waals surface area contributed by atoms with Gasteiger partial charge in [-0.1, -0.05) is 66.7 Å². The van der Waals surface area contributed by atoms with Crippen LogP contribution in [0.25, 0.3) is 11.1 Å². The highest BCUT2D eigenvalue weighted by Gasteiger charge is 2.46. The van der Waals surface area contributed by atoms with Crippen molar-refractivity contribution in [3.05, 3.63) is 92.6 Å². The first-order valence-corrected chi connectivity index (χ1v) is 9.83. The van der Waals surface area contributed by atoms with Crippen molar-refractivity contribution in [2.24, 2.45) is 0 Å². The molecule has 2 aliphatic carbocycles. The first kappa shape index (κ1) is 14.7. The minimum absolute atomic E-state index is 0.257. The first-order valence-electron chi connectivity index (χ1n) is 8.75. The molecule has 0 radical (unpaired) electrons. The monoisotopic (exact) mass is 422 g/mol. The molecule has 0 nitrogen and oxygen atoms in total. The van der Waals surface area contributed by atoms with Crippen LogP contribution in [0.15, 0.2) is 66.7 Å². The van der Waals surface area contributed by atoms with Crippen molar-refractivity contribution < 1.29 is 0 Å². The number of aryl methyl sites for hydroxylation is 2. The lowest BCUT2D eigenvalue weighted by atomic mass is 9.76. The molecule has 5 rings (SSSR count). The van der Waals surface area contributed by atoms with E-state index in [1.807, 2.05) is 0 Å². The van der Waals surface area contributed by atoms with Crippen LogP contribution in [-0.2, 0) is 18.3 Å². The number of halogens is 1. The van der Waals surface area contributed by atoms with E-state index < -0.39 is 0 Å². The van der Waals surface area contributed by atoms with Crippen molar-refractivity contribution in [1.82, 2.24) is 0 Å². The number of rotatable bonds is 1.